The molecule has 1 heterocycles. The molecular formula is C16H14F2N2O. The molecule has 3 rings (SSSR count). The summed E-state index contributed by atoms with van der Waals surface area (Å²) in [5.74, 6) is 5.09. The zero-order valence-corrected chi connectivity index (χ0v) is 11.4. The van der Waals surface area contributed by atoms with Crippen molar-refractivity contribution in [2.24, 2.45) is 5.84 Å². The predicted octanol–water partition coefficient (Wildman–Crippen LogP) is 3.57. The molecule has 3 N–H and O–H groups in total. The number of rotatable bonds is 3. The summed E-state index contributed by atoms with van der Waals surface area (Å²) in [4.78, 5) is 0. The van der Waals surface area contributed by atoms with Crippen LogP contribution < -0.4 is 11.3 Å². The van der Waals surface area contributed by atoms with Gasteiger partial charge in [-0.05, 0) is 24.6 Å². The number of furan rings is 1. The molecule has 0 aliphatic heterocycles. The van der Waals surface area contributed by atoms with Crippen molar-refractivity contribution in [3.8, 4) is 0 Å². The minimum atomic E-state index is -0.684. The third kappa shape index (κ3) is 2.30. The summed E-state index contributed by atoms with van der Waals surface area (Å²) in [5, 5.41) is 0.610. The second-order valence-electron chi connectivity index (χ2n) is 4.88. The Balaban J connectivity index is 2.14. The van der Waals surface area contributed by atoms with Crippen LogP contribution in [0.1, 0.15) is 22.9 Å². The lowest BCUT2D eigenvalue weighted by atomic mass is 10.0. The van der Waals surface area contributed by atoms with E-state index in [4.69, 9.17) is 10.3 Å². The second-order valence-corrected chi connectivity index (χ2v) is 4.88. The van der Waals surface area contributed by atoms with E-state index in [9.17, 15) is 8.78 Å². The summed E-state index contributed by atoms with van der Waals surface area (Å²) in [5.41, 5.74) is 3.53. The molecule has 0 bridgehead atoms. The van der Waals surface area contributed by atoms with Crippen LogP contribution in [-0.2, 0) is 0 Å². The topological polar surface area (TPSA) is 51.2 Å². The molecule has 1 unspecified atom stereocenters. The van der Waals surface area contributed by atoms with Crippen molar-refractivity contribution < 1.29 is 13.2 Å². The maximum Gasteiger partial charge on any atom is 0.169 e. The highest BCUT2D eigenvalue weighted by molar-refractivity contribution is 5.78. The highest BCUT2D eigenvalue weighted by atomic mass is 19.1. The molecule has 3 nitrogen and oxygen atoms in total. The van der Waals surface area contributed by atoms with Gasteiger partial charge >= 0.3 is 0 Å². The summed E-state index contributed by atoms with van der Waals surface area (Å²) in [6.07, 6.45) is 0. The maximum absolute atomic E-state index is 14.2. The van der Waals surface area contributed by atoms with Crippen molar-refractivity contribution in [2.45, 2.75) is 13.0 Å². The first-order valence-corrected chi connectivity index (χ1v) is 6.51. The van der Waals surface area contributed by atoms with E-state index < -0.39 is 11.9 Å². The van der Waals surface area contributed by atoms with Crippen LogP contribution in [0.15, 0.2) is 46.9 Å². The number of benzene rings is 2. The number of hydrogen-bond acceptors (Lipinski definition) is 3. The number of para-hydroxylation sites is 1. The first kappa shape index (κ1) is 13.7. The van der Waals surface area contributed by atoms with Crippen LogP contribution in [0.4, 0.5) is 8.78 Å². The molecule has 1 aromatic heterocycles. The molecule has 3 aromatic rings. The minimum Gasteiger partial charge on any atom is -0.456 e. The van der Waals surface area contributed by atoms with Gasteiger partial charge in [-0.25, -0.2) is 14.2 Å². The number of hydrazine groups is 1. The molecule has 0 saturated heterocycles. The smallest absolute Gasteiger partial charge is 0.169 e. The molecule has 108 valence electrons. The van der Waals surface area contributed by atoms with Gasteiger partial charge in [0.25, 0.3) is 0 Å². The lowest BCUT2D eigenvalue weighted by Gasteiger charge is -2.15. The van der Waals surface area contributed by atoms with Crippen molar-refractivity contribution >= 4 is 11.0 Å². The second kappa shape index (κ2) is 5.27. The Kier molecular flexibility index (Phi) is 3.45. The van der Waals surface area contributed by atoms with Gasteiger partial charge in [-0.3, -0.25) is 5.84 Å². The number of hydrogen-bond donors (Lipinski definition) is 2. The molecule has 2 aromatic carbocycles. The lowest BCUT2D eigenvalue weighted by molar-refractivity contribution is 0.452. The Bertz CT molecular complexity index is 798. The molecule has 0 saturated carbocycles. The Labute approximate surface area is 120 Å². The summed E-state index contributed by atoms with van der Waals surface area (Å²) in [6, 6.07) is 10.6. The number of halogens is 2. The predicted molar refractivity (Wildman–Crippen MR) is 76.5 cm³/mol. The Hall–Kier alpha value is -2.24. The van der Waals surface area contributed by atoms with Gasteiger partial charge in [-0.15, -0.1) is 0 Å². The fourth-order valence-electron chi connectivity index (χ4n) is 2.41. The van der Waals surface area contributed by atoms with Gasteiger partial charge in [0.15, 0.2) is 11.4 Å². The molecule has 0 fully saturated rings. The number of nitrogens with two attached hydrogens (primary N) is 1. The van der Waals surface area contributed by atoms with Gasteiger partial charge in [-0.1, -0.05) is 30.3 Å². The fourth-order valence-corrected chi connectivity index (χ4v) is 2.41. The van der Waals surface area contributed by atoms with Crippen molar-refractivity contribution in [1.82, 2.24) is 5.43 Å². The third-order valence-corrected chi connectivity index (χ3v) is 3.50. The zero-order valence-electron chi connectivity index (χ0n) is 11.4. The summed E-state index contributed by atoms with van der Waals surface area (Å²) in [7, 11) is 0. The van der Waals surface area contributed by atoms with E-state index in [0.717, 1.165) is 0 Å². The highest BCUT2D eigenvalue weighted by Crippen LogP contribution is 2.30. The van der Waals surface area contributed by atoms with Crippen LogP contribution in [0, 0.1) is 18.6 Å². The average Bonchev–Trinajstić information content (AvgIpc) is 2.89. The molecule has 0 spiro atoms. The fraction of sp³-hybridized carbons (Fsp3) is 0.125. The number of nitrogens with one attached hydrogen (secondary N) is 1. The summed E-state index contributed by atoms with van der Waals surface area (Å²) < 4.78 is 33.5. The largest absolute Gasteiger partial charge is 0.456 e. The van der Waals surface area contributed by atoms with Crippen molar-refractivity contribution in [2.75, 3.05) is 0 Å². The van der Waals surface area contributed by atoms with Gasteiger partial charge in [0, 0.05) is 10.9 Å². The average molecular weight is 288 g/mol. The van der Waals surface area contributed by atoms with Gasteiger partial charge in [0.05, 0.1) is 0 Å². The van der Waals surface area contributed by atoms with Crippen LogP contribution in [0.25, 0.3) is 11.0 Å². The van der Waals surface area contributed by atoms with Gasteiger partial charge in [0.1, 0.15) is 17.6 Å². The third-order valence-electron chi connectivity index (χ3n) is 3.50. The van der Waals surface area contributed by atoms with Crippen LogP contribution in [0.5, 0.6) is 0 Å². The normalized spacial score (nSPS) is 12.8. The van der Waals surface area contributed by atoms with Gasteiger partial charge in [0.2, 0.25) is 0 Å². The zero-order chi connectivity index (χ0) is 15.0. The lowest BCUT2D eigenvalue weighted by Crippen LogP contribution is -2.29. The number of aryl methyl sites for hydroxylation is 1. The molecule has 0 aliphatic carbocycles. The van der Waals surface area contributed by atoms with Crippen LogP contribution in [0.2, 0.25) is 0 Å². The van der Waals surface area contributed by atoms with Gasteiger partial charge in [-0.2, -0.15) is 0 Å². The molecule has 0 amide bonds. The van der Waals surface area contributed by atoms with Crippen molar-refractivity contribution in [3.63, 3.8) is 0 Å². The molecule has 0 radical (unpaired) electrons. The standard InChI is InChI=1S/C16H14F2N2O/c1-9-4-2-6-11(14(9)18)15(20-19)13-8-10-5-3-7-12(17)16(10)21-13/h2-8,15,20H,19H2,1H3. The van der Waals surface area contributed by atoms with E-state index in [1.54, 1.807) is 43.3 Å². The quantitative estimate of drug-likeness (QED) is 0.572. The molecule has 1 atom stereocenters. The van der Waals surface area contributed by atoms with Crippen LogP contribution >= 0.6 is 0 Å². The number of fused-ring (bicyclic) bond motifs is 1. The monoisotopic (exact) mass is 288 g/mol. The Morgan fingerprint density at radius 3 is 2.62 bits per heavy atom. The molecule has 0 aliphatic rings. The van der Waals surface area contributed by atoms with Crippen molar-refractivity contribution in [3.05, 3.63) is 71.0 Å². The van der Waals surface area contributed by atoms with E-state index >= 15 is 0 Å². The first-order chi connectivity index (χ1) is 10.1. The van der Waals surface area contributed by atoms with E-state index in [2.05, 4.69) is 5.43 Å². The van der Waals surface area contributed by atoms with Crippen molar-refractivity contribution in [1.29, 1.82) is 0 Å². The Morgan fingerprint density at radius 2 is 1.90 bits per heavy atom. The SMILES string of the molecule is Cc1cccc(C(NN)c2cc3cccc(F)c3o2)c1F. The maximum atomic E-state index is 14.2. The Morgan fingerprint density at radius 1 is 1.14 bits per heavy atom. The van der Waals surface area contributed by atoms with E-state index in [1.807, 2.05) is 0 Å². The van der Waals surface area contributed by atoms with E-state index in [-0.39, 0.29) is 11.4 Å². The van der Waals surface area contributed by atoms with E-state index in [1.165, 1.54) is 6.07 Å². The molecule has 5 heteroatoms. The van der Waals surface area contributed by atoms with E-state index in [0.29, 0.717) is 22.3 Å². The first-order valence-electron chi connectivity index (χ1n) is 6.51. The molecular weight excluding hydrogens is 274 g/mol. The van der Waals surface area contributed by atoms with Gasteiger partial charge < -0.3 is 4.42 Å². The summed E-state index contributed by atoms with van der Waals surface area (Å²) >= 11 is 0. The highest BCUT2D eigenvalue weighted by Gasteiger charge is 2.22. The summed E-state index contributed by atoms with van der Waals surface area (Å²) in [6.45, 7) is 1.67. The van der Waals surface area contributed by atoms with Crippen LogP contribution in [-0.4, -0.2) is 0 Å². The molecule has 21 heavy (non-hydrogen) atoms. The minimum absolute atomic E-state index is 0.140. The van der Waals surface area contributed by atoms with Crippen LogP contribution in [0.3, 0.4) is 0 Å².